The van der Waals surface area contributed by atoms with Crippen molar-refractivity contribution >= 4 is 34.7 Å². The van der Waals surface area contributed by atoms with Gasteiger partial charge in [0.05, 0.1) is 23.4 Å². The van der Waals surface area contributed by atoms with Crippen LogP contribution in [0.5, 0.6) is 5.75 Å². The molecule has 3 aromatic rings. The van der Waals surface area contributed by atoms with E-state index in [-0.39, 0.29) is 11.3 Å². The van der Waals surface area contributed by atoms with Gasteiger partial charge in [-0.25, -0.2) is 5.43 Å². The molecule has 23 heavy (non-hydrogen) atoms. The second-order valence-electron chi connectivity index (χ2n) is 5.01. The highest BCUT2D eigenvalue weighted by Gasteiger charge is 2.16. The molecule has 0 atom stereocenters. The molecule has 0 saturated carbocycles. The minimum Gasteiger partial charge on any atom is -0.506 e. The number of aromatic hydroxyl groups is 1. The monoisotopic (exact) mass is 328 g/mol. The summed E-state index contributed by atoms with van der Waals surface area (Å²) >= 11 is 5.87. The number of nitrogens with zero attached hydrogens (tertiary/aromatic N) is 1. The molecule has 0 aliphatic carbocycles. The number of nitrogens with one attached hydrogen (secondary N) is 1. The van der Waals surface area contributed by atoms with Gasteiger partial charge in [0.25, 0.3) is 5.91 Å². The number of phenolic OH excluding ortho intramolecular Hbond substituents is 1. The number of carbonyl (C=O) groups is 1. The third-order valence-corrected chi connectivity index (χ3v) is 3.60. The summed E-state index contributed by atoms with van der Waals surface area (Å²) < 4.78 is 5.28. The van der Waals surface area contributed by atoms with Gasteiger partial charge in [-0.3, -0.25) is 4.79 Å². The molecule has 1 heterocycles. The third-order valence-electron chi connectivity index (χ3n) is 3.37. The van der Waals surface area contributed by atoms with Crippen LogP contribution in [0.15, 0.2) is 52.2 Å². The first kappa shape index (κ1) is 15.1. The normalized spacial score (nSPS) is 11.2. The van der Waals surface area contributed by atoms with Gasteiger partial charge in [0, 0.05) is 5.02 Å². The number of amides is 1. The maximum atomic E-state index is 12.2. The zero-order valence-electron chi connectivity index (χ0n) is 12.2. The standard InChI is InChI=1S/C17H13ClN2O3/c1-10-9-23-14-6-5-13(16(21)15(10)14)17(22)20-19-8-11-3-2-4-12(18)7-11/h2-9,21H,1H3,(H,20,22). The molecule has 0 aliphatic heterocycles. The molecule has 0 aliphatic rings. The van der Waals surface area contributed by atoms with Crippen LogP contribution in [0.2, 0.25) is 5.02 Å². The predicted octanol–water partition coefficient (Wildman–Crippen LogP) is 3.86. The average molecular weight is 329 g/mol. The zero-order chi connectivity index (χ0) is 16.4. The molecule has 116 valence electrons. The van der Waals surface area contributed by atoms with Crippen LogP contribution in [0.4, 0.5) is 0 Å². The molecular weight excluding hydrogens is 316 g/mol. The lowest BCUT2D eigenvalue weighted by molar-refractivity contribution is 0.0952. The van der Waals surface area contributed by atoms with E-state index in [9.17, 15) is 9.90 Å². The third kappa shape index (κ3) is 3.05. The lowest BCUT2D eigenvalue weighted by atomic mass is 10.1. The maximum Gasteiger partial charge on any atom is 0.275 e. The first-order chi connectivity index (χ1) is 11.1. The molecule has 0 unspecified atom stereocenters. The van der Waals surface area contributed by atoms with Crippen molar-refractivity contribution in [1.29, 1.82) is 0 Å². The molecule has 0 saturated heterocycles. The topological polar surface area (TPSA) is 74.8 Å². The molecule has 0 spiro atoms. The lowest BCUT2D eigenvalue weighted by Gasteiger charge is -2.04. The summed E-state index contributed by atoms with van der Waals surface area (Å²) in [4.78, 5) is 12.2. The van der Waals surface area contributed by atoms with Crippen LogP contribution in [0.1, 0.15) is 21.5 Å². The van der Waals surface area contributed by atoms with E-state index in [4.69, 9.17) is 16.0 Å². The molecule has 1 aromatic heterocycles. The number of hydrazone groups is 1. The van der Waals surface area contributed by atoms with Gasteiger partial charge in [0.1, 0.15) is 11.3 Å². The number of fused-ring (bicyclic) bond motifs is 1. The first-order valence-electron chi connectivity index (χ1n) is 6.85. The van der Waals surface area contributed by atoms with Crippen molar-refractivity contribution < 1.29 is 14.3 Å². The number of hydrogen-bond acceptors (Lipinski definition) is 4. The number of benzene rings is 2. The van der Waals surface area contributed by atoms with E-state index in [1.807, 2.05) is 0 Å². The van der Waals surface area contributed by atoms with Crippen molar-refractivity contribution in [3.8, 4) is 5.75 Å². The smallest absolute Gasteiger partial charge is 0.275 e. The van der Waals surface area contributed by atoms with Crippen LogP contribution in [0.25, 0.3) is 11.0 Å². The van der Waals surface area contributed by atoms with Crippen LogP contribution < -0.4 is 5.43 Å². The summed E-state index contributed by atoms with van der Waals surface area (Å²) in [7, 11) is 0. The predicted molar refractivity (Wildman–Crippen MR) is 89.1 cm³/mol. The summed E-state index contributed by atoms with van der Waals surface area (Å²) in [6.45, 7) is 1.80. The number of halogens is 1. The zero-order valence-corrected chi connectivity index (χ0v) is 13.0. The van der Waals surface area contributed by atoms with Crippen LogP contribution in [0, 0.1) is 6.92 Å². The first-order valence-corrected chi connectivity index (χ1v) is 7.23. The van der Waals surface area contributed by atoms with E-state index in [0.29, 0.717) is 16.0 Å². The number of hydrogen-bond donors (Lipinski definition) is 2. The Morgan fingerprint density at radius 2 is 2.17 bits per heavy atom. The van der Waals surface area contributed by atoms with Crippen LogP contribution in [-0.4, -0.2) is 17.2 Å². The number of carbonyl (C=O) groups excluding carboxylic acids is 1. The fourth-order valence-corrected chi connectivity index (χ4v) is 2.46. The summed E-state index contributed by atoms with van der Waals surface area (Å²) in [5.41, 5.74) is 4.55. The van der Waals surface area contributed by atoms with Gasteiger partial charge < -0.3 is 9.52 Å². The maximum absolute atomic E-state index is 12.2. The van der Waals surface area contributed by atoms with Crippen LogP contribution >= 0.6 is 11.6 Å². The minimum absolute atomic E-state index is 0.121. The summed E-state index contributed by atoms with van der Waals surface area (Å²) in [5, 5.41) is 15.2. The summed E-state index contributed by atoms with van der Waals surface area (Å²) in [6, 6.07) is 10.2. The van der Waals surface area contributed by atoms with E-state index < -0.39 is 5.91 Å². The van der Waals surface area contributed by atoms with Crippen molar-refractivity contribution in [3.63, 3.8) is 0 Å². The van der Waals surface area contributed by atoms with Crippen molar-refractivity contribution in [2.75, 3.05) is 0 Å². The molecule has 0 bridgehead atoms. The van der Waals surface area contributed by atoms with Crippen molar-refractivity contribution in [1.82, 2.24) is 5.43 Å². The van der Waals surface area contributed by atoms with E-state index in [0.717, 1.165) is 11.1 Å². The second-order valence-corrected chi connectivity index (χ2v) is 5.44. The molecule has 0 fully saturated rings. The van der Waals surface area contributed by atoms with E-state index in [2.05, 4.69) is 10.5 Å². The number of aryl methyl sites for hydroxylation is 1. The fourth-order valence-electron chi connectivity index (χ4n) is 2.26. The number of rotatable bonds is 3. The SMILES string of the molecule is Cc1coc2ccc(C(=O)NN=Cc3cccc(Cl)c3)c(O)c12. The molecule has 5 nitrogen and oxygen atoms in total. The summed E-state index contributed by atoms with van der Waals surface area (Å²) in [6.07, 6.45) is 3.01. The van der Waals surface area contributed by atoms with E-state index in [1.165, 1.54) is 18.5 Å². The Labute approximate surface area is 137 Å². The Morgan fingerprint density at radius 1 is 1.35 bits per heavy atom. The van der Waals surface area contributed by atoms with Crippen molar-refractivity contribution in [3.05, 3.63) is 64.4 Å². The quantitative estimate of drug-likeness (QED) is 0.566. The van der Waals surface area contributed by atoms with Gasteiger partial charge in [-0.1, -0.05) is 23.7 Å². The molecule has 1 amide bonds. The Hall–Kier alpha value is -2.79. The van der Waals surface area contributed by atoms with Gasteiger partial charge in [-0.05, 0) is 42.3 Å². The van der Waals surface area contributed by atoms with Gasteiger partial charge in [-0.2, -0.15) is 5.10 Å². The highest BCUT2D eigenvalue weighted by atomic mass is 35.5. The largest absolute Gasteiger partial charge is 0.506 e. The number of phenols is 1. The summed E-state index contributed by atoms with van der Waals surface area (Å²) in [5.74, 6) is -0.632. The van der Waals surface area contributed by atoms with Crippen LogP contribution in [-0.2, 0) is 0 Å². The Balaban J connectivity index is 1.81. The Morgan fingerprint density at radius 3 is 2.96 bits per heavy atom. The highest BCUT2D eigenvalue weighted by molar-refractivity contribution is 6.30. The van der Waals surface area contributed by atoms with Gasteiger partial charge in [0.2, 0.25) is 0 Å². The van der Waals surface area contributed by atoms with Gasteiger partial charge in [-0.15, -0.1) is 0 Å². The lowest BCUT2D eigenvalue weighted by Crippen LogP contribution is -2.17. The Kier molecular flexibility index (Phi) is 4.04. The molecular formula is C17H13ClN2O3. The van der Waals surface area contributed by atoms with E-state index in [1.54, 1.807) is 37.3 Å². The van der Waals surface area contributed by atoms with Gasteiger partial charge >= 0.3 is 0 Å². The Bertz CT molecular complexity index is 915. The molecule has 2 N–H and O–H groups in total. The number of furan rings is 1. The van der Waals surface area contributed by atoms with Crippen LogP contribution in [0.3, 0.4) is 0 Å². The van der Waals surface area contributed by atoms with Crippen molar-refractivity contribution in [2.24, 2.45) is 5.10 Å². The van der Waals surface area contributed by atoms with Crippen molar-refractivity contribution in [2.45, 2.75) is 6.92 Å². The molecule has 0 radical (unpaired) electrons. The fraction of sp³-hybridized carbons (Fsp3) is 0.0588. The minimum atomic E-state index is -0.511. The second kappa shape index (κ2) is 6.14. The molecule has 2 aromatic carbocycles. The average Bonchev–Trinajstić information content (AvgIpc) is 2.90. The van der Waals surface area contributed by atoms with E-state index >= 15 is 0 Å². The molecule has 3 rings (SSSR count). The molecule has 6 heteroatoms. The highest BCUT2D eigenvalue weighted by Crippen LogP contribution is 2.32. The van der Waals surface area contributed by atoms with Gasteiger partial charge in [0.15, 0.2) is 0 Å².